The number of nitrogens with one attached hydrogen (secondary N) is 2. The molecule has 0 fully saturated rings. The van der Waals surface area contributed by atoms with Crippen LogP contribution >= 0.6 is 0 Å². The Hall–Kier alpha value is -2.31. The molecule has 0 saturated heterocycles. The normalized spacial score (nSPS) is 10.4. The van der Waals surface area contributed by atoms with Gasteiger partial charge in [-0.15, -0.1) is 0 Å². The summed E-state index contributed by atoms with van der Waals surface area (Å²) < 4.78 is 1.59. The van der Waals surface area contributed by atoms with E-state index in [9.17, 15) is 4.79 Å². The molecule has 0 unspecified atom stereocenters. The molecule has 0 atom stereocenters. The van der Waals surface area contributed by atoms with Gasteiger partial charge < -0.3 is 11.1 Å². The summed E-state index contributed by atoms with van der Waals surface area (Å²) in [5.74, 6) is 0.0908. The van der Waals surface area contributed by atoms with Gasteiger partial charge in [-0.2, -0.15) is 10.2 Å². The first-order valence-corrected chi connectivity index (χ1v) is 4.69. The number of nitrogen functional groups attached to an aromatic ring is 1. The van der Waals surface area contributed by atoms with Gasteiger partial charge >= 0.3 is 0 Å². The fraction of sp³-hybridized carbons (Fsp3) is 0.222. The average molecular weight is 220 g/mol. The van der Waals surface area contributed by atoms with Gasteiger partial charge in [-0.25, -0.2) is 0 Å². The van der Waals surface area contributed by atoms with Gasteiger partial charge in [0.1, 0.15) is 0 Å². The van der Waals surface area contributed by atoms with Crippen LogP contribution in [0.25, 0.3) is 0 Å². The Balaban J connectivity index is 2.18. The number of nitrogens with zero attached hydrogens (tertiary/aromatic N) is 3. The number of hydrogen-bond acceptors (Lipinski definition) is 4. The highest BCUT2D eigenvalue weighted by atomic mass is 16.2. The van der Waals surface area contributed by atoms with Gasteiger partial charge in [0, 0.05) is 19.3 Å². The molecule has 7 heteroatoms. The minimum Gasteiger partial charge on any atom is -0.395 e. The number of aryl methyl sites for hydroxylation is 2. The molecule has 7 nitrogen and oxygen atoms in total. The molecule has 0 aliphatic heterocycles. The second kappa shape index (κ2) is 3.69. The Kier molecular flexibility index (Phi) is 2.35. The van der Waals surface area contributed by atoms with Crippen molar-refractivity contribution in [3.05, 3.63) is 23.7 Å². The summed E-state index contributed by atoms with van der Waals surface area (Å²) in [6, 6.07) is 1.69. The van der Waals surface area contributed by atoms with Crippen LogP contribution in [0.4, 0.5) is 11.5 Å². The summed E-state index contributed by atoms with van der Waals surface area (Å²) in [5.41, 5.74) is 6.89. The van der Waals surface area contributed by atoms with E-state index < -0.39 is 0 Å². The Bertz CT molecular complexity index is 526. The predicted octanol–water partition coefficient (Wildman–Crippen LogP) is 0.286. The molecule has 0 radical (unpaired) electrons. The second-order valence-electron chi connectivity index (χ2n) is 3.44. The van der Waals surface area contributed by atoms with Crippen molar-refractivity contribution in [1.29, 1.82) is 0 Å². The lowest BCUT2D eigenvalue weighted by Crippen LogP contribution is -2.14. The topological polar surface area (TPSA) is 102 Å². The minimum absolute atomic E-state index is 0.183. The molecule has 0 bridgehead atoms. The number of aromatic amines is 1. The number of H-pyrrole nitrogens is 1. The van der Waals surface area contributed by atoms with Crippen molar-refractivity contribution < 1.29 is 4.79 Å². The number of nitrogens with two attached hydrogens (primary N) is 1. The molecule has 2 aromatic heterocycles. The summed E-state index contributed by atoms with van der Waals surface area (Å²) in [7, 11) is 1.77. The quantitative estimate of drug-likeness (QED) is 0.676. The molecule has 0 aliphatic carbocycles. The van der Waals surface area contributed by atoms with Crippen LogP contribution in [0.1, 0.15) is 16.2 Å². The largest absolute Gasteiger partial charge is 0.395 e. The van der Waals surface area contributed by atoms with Gasteiger partial charge in [0.15, 0.2) is 11.5 Å². The zero-order chi connectivity index (χ0) is 11.7. The third-order valence-electron chi connectivity index (χ3n) is 2.16. The third-order valence-corrected chi connectivity index (χ3v) is 2.16. The maximum absolute atomic E-state index is 11.7. The van der Waals surface area contributed by atoms with Crippen LogP contribution in [0.15, 0.2) is 12.3 Å². The number of hydrogen-bond donors (Lipinski definition) is 3. The van der Waals surface area contributed by atoms with Crippen molar-refractivity contribution in [2.45, 2.75) is 6.92 Å². The molecule has 2 rings (SSSR count). The first kappa shape index (κ1) is 10.2. The van der Waals surface area contributed by atoms with Crippen molar-refractivity contribution in [2.75, 3.05) is 11.1 Å². The van der Waals surface area contributed by atoms with E-state index in [0.29, 0.717) is 17.2 Å². The molecule has 2 heterocycles. The number of aromatic nitrogens is 4. The first-order chi connectivity index (χ1) is 7.58. The fourth-order valence-corrected chi connectivity index (χ4v) is 1.27. The summed E-state index contributed by atoms with van der Waals surface area (Å²) in [6.07, 6.45) is 1.73. The standard InChI is InChI=1S/C9H12N6O/c1-5-7(10)8(13-12-5)9(16)11-6-3-4-15(2)14-6/h3-4H,10H2,1-2H3,(H,12,13)(H,11,14,16). The van der Waals surface area contributed by atoms with E-state index in [4.69, 9.17) is 5.73 Å². The number of anilines is 2. The lowest BCUT2D eigenvalue weighted by Gasteiger charge is -1.99. The van der Waals surface area contributed by atoms with Crippen molar-refractivity contribution in [3.63, 3.8) is 0 Å². The molecular weight excluding hydrogens is 208 g/mol. The van der Waals surface area contributed by atoms with Crippen LogP contribution in [0.2, 0.25) is 0 Å². The van der Waals surface area contributed by atoms with Gasteiger partial charge in [-0.1, -0.05) is 0 Å². The first-order valence-electron chi connectivity index (χ1n) is 4.69. The highest BCUT2D eigenvalue weighted by Crippen LogP contribution is 2.14. The fourth-order valence-electron chi connectivity index (χ4n) is 1.27. The lowest BCUT2D eigenvalue weighted by atomic mass is 10.3. The van der Waals surface area contributed by atoms with Crippen molar-refractivity contribution in [3.8, 4) is 0 Å². The molecule has 0 spiro atoms. The minimum atomic E-state index is -0.374. The van der Waals surface area contributed by atoms with Gasteiger partial charge in [-0.3, -0.25) is 14.6 Å². The van der Waals surface area contributed by atoms with Crippen LogP contribution in [-0.2, 0) is 7.05 Å². The molecule has 84 valence electrons. The molecule has 2 aromatic rings. The van der Waals surface area contributed by atoms with Crippen LogP contribution in [0.5, 0.6) is 0 Å². The van der Waals surface area contributed by atoms with Gasteiger partial charge in [0.2, 0.25) is 0 Å². The van der Waals surface area contributed by atoms with E-state index in [2.05, 4.69) is 20.6 Å². The Morgan fingerprint density at radius 1 is 1.62 bits per heavy atom. The third kappa shape index (κ3) is 1.74. The molecule has 0 aromatic carbocycles. The molecule has 0 saturated carbocycles. The van der Waals surface area contributed by atoms with E-state index in [1.165, 1.54) is 0 Å². The van der Waals surface area contributed by atoms with Crippen molar-refractivity contribution in [1.82, 2.24) is 20.0 Å². The number of carbonyl (C=O) groups is 1. The van der Waals surface area contributed by atoms with E-state index in [1.54, 1.807) is 30.9 Å². The van der Waals surface area contributed by atoms with Crippen LogP contribution < -0.4 is 11.1 Å². The molecule has 4 N–H and O–H groups in total. The molecule has 0 aliphatic rings. The SMILES string of the molecule is Cc1[nH]nc(C(=O)Nc2ccn(C)n2)c1N. The highest BCUT2D eigenvalue weighted by molar-refractivity contribution is 6.06. The molecule has 1 amide bonds. The molecule has 16 heavy (non-hydrogen) atoms. The monoisotopic (exact) mass is 220 g/mol. The summed E-state index contributed by atoms with van der Waals surface area (Å²) in [6.45, 7) is 1.75. The van der Waals surface area contributed by atoms with E-state index in [-0.39, 0.29) is 11.6 Å². The van der Waals surface area contributed by atoms with E-state index in [1.807, 2.05) is 0 Å². The van der Waals surface area contributed by atoms with Crippen molar-refractivity contribution >= 4 is 17.4 Å². The summed E-state index contributed by atoms with van der Waals surface area (Å²) in [5, 5.41) is 13.1. The van der Waals surface area contributed by atoms with E-state index in [0.717, 1.165) is 0 Å². The van der Waals surface area contributed by atoms with Crippen molar-refractivity contribution in [2.24, 2.45) is 7.05 Å². The maximum atomic E-state index is 11.7. The zero-order valence-corrected chi connectivity index (χ0v) is 8.98. The smallest absolute Gasteiger partial charge is 0.279 e. The Morgan fingerprint density at radius 3 is 2.88 bits per heavy atom. The lowest BCUT2D eigenvalue weighted by molar-refractivity contribution is 0.102. The molecular formula is C9H12N6O. The van der Waals surface area contributed by atoms with Crippen LogP contribution in [0, 0.1) is 6.92 Å². The highest BCUT2D eigenvalue weighted by Gasteiger charge is 2.15. The Morgan fingerprint density at radius 2 is 2.38 bits per heavy atom. The Labute approximate surface area is 91.6 Å². The number of rotatable bonds is 2. The van der Waals surface area contributed by atoms with Gasteiger partial charge in [0.25, 0.3) is 5.91 Å². The van der Waals surface area contributed by atoms with Crippen LogP contribution in [0.3, 0.4) is 0 Å². The number of carbonyl (C=O) groups excluding carboxylic acids is 1. The maximum Gasteiger partial charge on any atom is 0.279 e. The zero-order valence-electron chi connectivity index (χ0n) is 8.98. The summed E-state index contributed by atoms with van der Waals surface area (Å²) in [4.78, 5) is 11.7. The number of amides is 1. The average Bonchev–Trinajstić information content (AvgIpc) is 2.76. The van der Waals surface area contributed by atoms with E-state index >= 15 is 0 Å². The van der Waals surface area contributed by atoms with Crippen LogP contribution in [-0.4, -0.2) is 25.9 Å². The van der Waals surface area contributed by atoms with Gasteiger partial charge in [-0.05, 0) is 6.92 Å². The predicted molar refractivity (Wildman–Crippen MR) is 58.9 cm³/mol. The van der Waals surface area contributed by atoms with Gasteiger partial charge in [0.05, 0.1) is 11.4 Å². The summed E-state index contributed by atoms with van der Waals surface area (Å²) >= 11 is 0. The second-order valence-corrected chi connectivity index (χ2v) is 3.44.